The van der Waals surface area contributed by atoms with Gasteiger partial charge in [-0.2, -0.15) is 0 Å². The van der Waals surface area contributed by atoms with Gasteiger partial charge in [0.15, 0.2) is 11.5 Å². The monoisotopic (exact) mass is 477 g/mol. The molecule has 1 aromatic rings. The van der Waals surface area contributed by atoms with E-state index in [9.17, 15) is 14.4 Å². The number of piperazine rings is 1. The van der Waals surface area contributed by atoms with Crippen molar-refractivity contribution >= 4 is 23.4 Å². The van der Waals surface area contributed by atoms with E-state index in [0.717, 1.165) is 5.56 Å². The van der Waals surface area contributed by atoms with Gasteiger partial charge in [-0.05, 0) is 62.1 Å². The lowest BCUT2D eigenvalue weighted by Gasteiger charge is -2.63. The van der Waals surface area contributed by atoms with E-state index in [1.165, 1.54) is 0 Å². The van der Waals surface area contributed by atoms with Crippen molar-refractivity contribution in [3.63, 3.8) is 0 Å². The Bertz CT molecular complexity index is 1280. The van der Waals surface area contributed by atoms with Crippen LogP contribution in [0.2, 0.25) is 0 Å². The van der Waals surface area contributed by atoms with Crippen molar-refractivity contribution in [2.24, 2.45) is 11.3 Å². The summed E-state index contributed by atoms with van der Waals surface area (Å²) in [6.07, 6.45) is 5.54. The Balaban J connectivity index is 1.42. The molecular formula is C27H31N3O5. The minimum absolute atomic E-state index is 0.0309. The normalized spacial score (nSPS) is 39.0. The first kappa shape index (κ1) is 21.3. The second-order valence-electron chi connectivity index (χ2n) is 12.4. The molecule has 6 heterocycles. The van der Waals surface area contributed by atoms with E-state index in [2.05, 4.69) is 19.2 Å². The van der Waals surface area contributed by atoms with E-state index in [0.29, 0.717) is 49.4 Å². The van der Waals surface area contributed by atoms with Crippen LogP contribution in [-0.2, 0) is 19.8 Å². The van der Waals surface area contributed by atoms with Crippen LogP contribution in [0.1, 0.15) is 58.9 Å². The Hall–Kier alpha value is -3.03. The smallest absolute Gasteiger partial charge is 0.248 e. The number of piperidine rings is 2. The molecule has 35 heavy (non-hydrogen) atoms. The molecule has 8 nitrogen and oxygen atoms in total. The zero-order valence-corrected chi connectivity index (χ0v) is 20.9. The highest BCUT2D eigenvalue weighted by molar-refractivity contribution is 6.10. The molecule has 0 unspecified atom stereocenters. The van der Waals surface area contributed by atoms with Crippen molar-refractivity contribution in [2.45, 2.75) is 75.5 Å². The van der Waals surface area contributed by atoms with Crippen LogP contribution in [0.25, 0.3) is 0 Å². The number of anilines is 1. The maximum atomic E-state index is 14.1. The second kappa shape index (κ2) is 5.85. The van der Waals surface area contributed by atoms with E-state index in [4.69, 9.17) is 9.47 Å². The number of carbonyl (C=O) groups excluding carboxylic acids is 3. The molecule has 0 aromatic heterocycles. The summed E-state index contributed by atoms with van der Waals surface area (Å²) in [5.41, 5.74) is -1.68. The maximum Gasteiger partial charge on any atom is 0.248 e. The Kier molecular flexibility index (Phi) is 3.55. The molecule has 5 fully saturated rings. The average molecular weight is 478 g/mol. The maximum absolute atomic E-state index is 14.1. The van der Waals surface area contributed by atoms with Gasteiger partial charge in [-0.1, -0.05) is 19.9 Å². The summed E-state index contributed by atoms with van der Waals surface area (Å²) < 4.78 is 12.2. The number of fused-ring (bicyclic) bond motifs is 5. The Morgan fingerprint density at radius 2 is 1.89 bits per heavy atom. The van der Waals surface area contributed by atoms with Crippen molar-refractivity contribution in [1.29, 1.82) is 0 Å². The highest BCUT2D eigenvalue weighted by atomic mass is 16.5. The number of ether oxygens (including phenoxy) is 2. The van der Waals surface area contributed by atoms with Crippen LogP contribution in [0.3, 0.4) is 0 Å². The van der Waals surface area contributed by atoms with E-state index >= 15 is 0 Å². The molecule has 184 valence electrons. The van der Waals surface area contributed by atoms with Crippen LogP contribution in [0.4, 0.5) is 5.69 Å². The summed E-state index contributed by atoms with van der Waals surface area (Å²) in [6.45, 7) is 8.74. The third-order valence-corrected chi connectivity index (χ3v) is 10.3. The van der Waals surface area contributed by atoms with Gasteiger partial charge in [-0.3, -0.25) is 14.4 Å². The lowest BCUT2D eigenvalue weighted by molar-refractivity contribution is -0.188. The van der Waals surface area contributed by atoms with Gasteiger partial charge in [0.1, 0.15) is 11.1 Å². The van der Waals surface area contributed by atoms with Crippen LogP contribution >= 0.6 is 0 Å². The third kappa shape index (κ3) is 2.11. The molecule has 3 amide bonds. The standard InChI is InChI=1S/C27H31N3O5/c1-23(2)10-11-34-20-16(35-23)7-6-15-19(20)28-21(32)27(15)13-26-14-30-18(31)8-9-25(30,22(33)29(26)5)12-17(26)24(27,3)4/h6-7,10-11,17H,8-9,12-14H2,1-5H3,(H,28,32)/t17-,25-,26+,27+/m0/s1. The van der Waals surface area contributed by atoms with Gasteiger partial charge in [-0.15, -0.1) is 0 Å². The SMILES string of the molecule is CN1C(=O)[C@@]23CCC(=O)N2C[C@@]12C[C@@]1(C(=O)Nc4c1ccc1c4OC=CC(C)(C)O1)C(C)(C)[C@@H]2C3. The summed E-state index contributed by atoms with van der Waals surface area (Å²) in [5.74, 6) is 1.19. The van der Waals surface area contributed by atoms with Crippen molar-refractivity contribution in [2.75, 3.05) is 18.9 Å². The molecule has 6 aliphatic heterocycles. The summed E-state index contributed by atoms with van der Waals surface area (Å²) in [4.78, 5) is 44.4. The molecule has 1 aromatic carbocycles. The van der Waals surface area contributed by atoms with Crippen molar-refractivity contribution in [3.05, 3.63) is 30.0 Å². The quantitative estimate of drug-likeness (QED) is 0.621. The Labute approximate surface area is 204 Å². The van der Waals surface area contributed by atoms with Crippen LogP contribution in [0.15, 0.2) is 24.5 Å². The molecule has 3 spiro atoms. The molecule has 7 aliphatic rings. The number of amides is 3. The molecular weight excluding hydrogens is 446 g/mol. The highest BCUT2D eigenvalue weighted by Gasteiger charge is 2.80. The average Bonchev–Trinajstić information content (AvgIpc) is 3.29. The predicted octanol–water partition coefficient (Wildman–Crippen LogP) is 2.96. The summed E-state index contributed by atoms with van der Waals surface area (Å²) >= 11 is 0. The number of hydrogen-bond donors (Lipinski definition) is 1. The fourth-order valence-electron chi connectivity index (χ4n) is 8.54. The topological polar surface area (TPSA) is 88.2 Å². The van der Waals surface area contributed by atoms with E-state index in [-0.39, 0.29) is 23.6 Å². The summed E-state index contributed by atoms with van der Waals surface area (Å²) in [7, 11) is 1.88. The van der Waals surface area contributed by atoms with Gasteiger partial charge in [0.05, 0.1) is 22.9 Å². The van der Waals surface area contributed by atoms with Gasteiger partial charge < -0.3 is 24.6 Å². The van der Waals surface area contributed by atoms with Crippen molar-refractivity contribution in [3.8, 4) is 11.5 Å². The van der Waals surface area contributed by atoms with Crippen LogP contribution in [-0.4, -0.2) is 57.8 Å². The zero-order valence-electron chi connectivity index (χ0n) is 20.9. The lowest BCUT2D eigenvalue weighted by Crippen LogP contribution is -2.79. The minimum Gasteiger partial charge on any atom is -0.480 e. The second-order valence-corrected chi connectivity index (χ2v) is 12.4. The largest absolute Gasteiger partial charge is 0.480 e. The fourth-order valence-corrected chi connectivity index (χ4v) is 8.54. The molecule has 1 aliphatic carbocycles. The van der Waals surface area contributed by atoms with Crippen LogP contribution in [0, 0.1) is 11.3 Å². The van der Waals surface area contributed by atoms with Crippen LogP contribution in [0.5, 0.6) is 11.5 Å². The molecule has 1 N–H and O–H groups in total. The van der Waals surface area contributed by atoms with E-state index < -0.39 is 27.5 Å². The molecule has 0 radical (unpaired) electrons. The van der Waals surface area contributed by atoms with Gasteiger partial charge >= 0.3 is 0 Å². The molecule has 2 bridgehead atoms. The Morgan fingerprint density at radius 3 is 2.66 bits per heavy atom. The van der Waals surface area contributed by atoms with Gasteiger partial charge in [0.2, 0.25) is 17.7 Å². The van der Waals surface area contributed by atoms with Gasteiger partial charge in [0.25, 0.3) is 0 Å². The summed E-state index contributed by atoms with van der Waals surface area (Å²) in [5, 5.41) is 3.16. The molecule has 8 rings (SSSR count). The number of rotatable bonds is 0. The predicted molar refractivity (Wildman–Crippen MR) is 127 cm³/mol. The van der Waals surface area contributed by atoms with Gasteiger partial charge in [-0.25, -0.2) is 0 Å². The lowest BCUT2D eigenvalue weighted by atomic mass is 9.57. The van der Waals surface area contributed by atoms with Crippen molar-refractivity contribution in [1.82, 2.24) is 9.80 Å². The van der Waals surface area contributed by atoms with Gasteiger partial charge in [0, 0.05) is 20.0 Å². The van der Waals surface area contributed by atoms with E-state index in [1.807, 2.05) is 48.9 Å². The molecule has 4 atom stereocenters. The Morgan fingerprint density at radius 1 is 1.11 bits per heavy atom. The number of carbonyl (C=O) groups is 3. The number of nitrogens with one attached hydrogen (secondary N) is 1. The number of hydrogen-bond acceptors (Lipinski definition) is 5. The summed E-state index contributed by atoms with van der Waals surface area (Å²) in [6, 6.07) is 3.89. The third-order valence-electron chi connectivity index (χ3n) is 10.3. The highest BCUT2D eigenvalue weighted by Crippen LogP contribution is 2.72. The first-order valence-corrected chi connectivity index (χ1v) is 12.5. The molecule has 8 heteroatoms. The van der Waals surface area contributed by atoms with Crippen molar-refractivity contribution < 1.29 is 23.9 Å². The first-order chi connectivity index (χ1) is 16.4. The zero-order chi connectivity index (χ0) is 24.8. The number of likely N-dealkylation sites (N-methyl/N-ethyl adjacent to an activating group) is 1. The minimum atomic E-state index is -0.861. The fraction of sp³-hybridized carbons (Fsp3) is 0.593. The molecule has 1 saturated carbocycles. The number of benzene rings is 1. The van der Waals surface area contributed by atoms with E-state index in [1.54, 1.807) is 6.26 Å². The number of nitrogens with zero attached hydrogens (tertiary/aromatic N) is 2. The van der Waals surface area contributed by atoms with Crippen LogP contribution < -0.4 is 14.8 Å². The first-order valence-electron chi connectivity index (χ1n) is 12.5. The molecule has 4 saturated heterocycles.